The Morgan fingerprint density at radius 1 is 1.26 bits per heavy atom. The molecule has 1 aliphatic rings. The van der Waals surface area contributed by atoms with Gasteiger partial charge in [-0.2, -0.15) is 0 Å². The van der Waals surface area contributed by atoms with Gasteiger partial charge < -0.3 is 21.1 Å². The lowest BCUT2D eigenvalue weighted by Gasteiger charge is -2.35. The average molecular weight is 342 g/mol. The molecule has 0 atom stereocenters. The van der Waals surface area contributed by atoms with Gasteiger partial charge in [0.05, 0.1) is 18.4 Å². The molecule has 0 aromatic heterocycles. The van der Waals surface area contributed by atoms with Crippen molar-refractivity contribution >= 4 is 29.9 Å². The van der Waals surface area contributed by atoms with Crippen molar-refractivity contribution in [3.8, 4) is 0 Å². The normalized spacial score (nSPS) is 16.2. The molecule has 2 rings (SSSR count). The van der Waals surface area contributed by atoms with E-state index in [1.165, 1.54) is 0 Å². The SMILES string of the molecule is COCC1(C(=O)Nc2ccc(CC(N)=O)cc2)CCNCC1.Cl. The number of carbonyl (C=O) groups is 2. The molecule has 23 heavy (non-hydrogen) atoms. The van der Waals surface area contributed by atoms with E-state index in [1.54, 1.807) is 31.4 Å². The third kappa shape index (κ3) is 5.20. The maximum atomic E-state index is 12.6. The summed E-state index contributed by atoms with van der Waals surface area (Å²) in [4.78, 5) is 23.5. The van der Waals surface area contributed by atoms with Crippen LogP contribution < -0.4 is 16.4 Å². The Balaban J connectivity index is 0.00000264. The van der Waals surface area contributed by atoms with E-state index in [9.17, 15) is 9.59 Å². The molecule has 1 saturated heterocycles. The molecular weight excluding hydrogens is 318 g/mol. The minimum absolute atomic E-state index is 0. The Labute approximate surface area is 142 Å². The maximum absolute atomic E-state index is 12.6. The van der Waals surface area contributed by atoms with E-state index in [0.717, 1.165) is 31.5 Å². The first-order valence-corrected chi connectivity index (χ1v) is 7.44. The van der Waals surface area contributed by atoms with Crippen LogP contribution in [0.2, 0.25) is 0 Å². The van der Waals surface area contributed by atoms with Crippen molar-refractivity contribution in [2.45, 2.75) is 19.3 Å². The van der Waals surface area contributed by atoms with Crippen LogP contribution in [0.3, 0.4) is 0 Å². The first-order valence-electron chi connectivity index (χ1n) is 7.44. The van der Waals surface area contributed by atoms with Crippen molar-refractivity contribution in [2.75, 3.05) is 32.1 Å². The molecule has 2 amide bonds. The Kier molecular flexibility index (Phi) is 7.48. The van der Waals surface area contributed by atoms with Crippen LogP contribution in [-0.2, 0) is 20.7 Å². The van der Waals surface area contributed by atoms with Crippen molar-refractivity contribution in [3.05, 3.63) is 29.8 Å². The highest BCUT2D eigenvalue weighted by Gasteiger charge is 2.39. The van der Waals surface area contributed by atoms with Gasteiger partial charge in [-0.1, -0.05) is 12.1 Å². The van der Waals surface area contributed by atoms with Crippen LogP contribution in [0.1, 0.15) is 18.4 Å². The molecule has 1 fully saturated rings. The monoisotopic (exact) mass is 341 g/mol. The minimum Gasteiger partial charge on any atom is -0.384 e. The number of ether oxygens (including phenoxy) is 1. The molecule has 0 unspecified atom stereocenters. The molecule has 0 radical (unpaired) electrons. The number of carbonyl (C=O) groups excluding carboxylic acids is 2. The van der Waals surface area contributed by atoms with Gasteiger partial charge in [-0.15, -0.1) is 12.4 Å². The summed E-state index contributed by atoms with van der Waals surface area (Å²) in [5.41, 5.74) is 6.23. The summed E-state index contributed by atoms with van der Waals surface area (Å²) in [6.45, 7) is 2.04. The van der Waals surface area contributed by atoms with Crippen molar-refractivity contribution in [1.29, 1.82) is 0 Å². The van der Waals surface area contributed by atoms with Gasteiger partial charge in [0, 0.05) is 12.8 Å². The number of benzene rings is 1. The summed E-state index contributed by atoms with van der Waals surface area (Å²) in [6.07, 6.45) is 1.71. The molecule has 4 N–H and O–H groups in total. The van der Waals surface area contributed by atoms with Crippen molar-refractivity contribution in [2.24, 2.45) is 11.1 Å². The van der Waals surface area contributed by atoms with Crippen molar-refractivity contribution in [3.63, 3.8) is 0 Å². The van der Waals surface area contributed by atoms with Crippen LogP contribution in [0.5, 0.6) is 0 Å². The predicted octanol–water partition coefficient (Wildman–Crippen LogP) is 1.09. The number of methoxy groups -OCH3 is 1. The summed E-state index contributed by atoms with van der Waals surface area (Å²) in [6, 6.07) is 7.17. The Morgan fingerprint density at radius 3 is 2.39 bits per heavy atom. The Hall–Kier alpha value is -1.63. The van der Waals surface area contributed by atoms with Crippen LogP contribution in [0, 0.1) is 5.41 Å². The summed E-state index contributed by atoms with van der Waals surface area (Å²) in [5, 5.41) is 6.22. The Bertz CT molecular complexity index is 522. The lowest BCUT2D eigenvalue weighted by Crippen LogP contribution is -2.47. The number of rotatable bonds is 6. The first-order chi connectivity index (χ1) is 10.6. The van der Waals surface area contributed by atoms with E-state index in [0.29, 0.717) is 12.3 Å². The summed E-state index contributed by atoms with van der Waals surface area (Å²) < 4.78 is 5.27. The van der Waals surface area contributed by atoms with E-state index >= 15 is 0 Å². The lowest BCUT2D eigenvalue weighted by molar-refractivity contribution is -0.130. The molecule has 1 aromatic carbocycles. The van der Waals surface area contributed by atoms with E-state index < -0.39 is 5.41 Å². The highest BCUT2D eigenvalue weighted by Crippen LogP contribution is 2.30. The summed E-state index contributed by atoms with van der Waals surface area (Å²) in [7, 11) is 1.62. The van der Waals surface area contributed by atoms with E-state index in [-0.39, 0.29) is 30.6 Å². The molecule has 0 bridgehead atoms. The second-order valence-corrected chi connectivity index (χ2v) is 5.76. The second-order valence-electron chi connectivity index (χ2n) is 5.76. The topological polar surface area (TPSA) is 93.4 Å². The standard InChI is InChI=1S/C16H23N3O3.ClH/c1-22-11-16(6-8-18-9-7-16)15(21)19-13-4-2-12(3-5-13)10-14(17)20;/h2-5,18H,6-11H2,1H3,(H2,17,20)(H,19,21);1H. The van der Waals surface area contributed by atoms with Crippen LogP contribution in [0.4, 0.5) is 5.69 Å². The van der Waals surface area contributed by atoms with Crippen molar-refractivity contribution in [1.82, 2.24) is 5.32 Å². The van der Waals surface area contributed by atoms with Crippen molar-refractivity contribution < 1.29 is 14.3 Å². The zero-order valence-electron chi connectivity index (χ0n) is 13.3. The zero-order valence-corrected chi connectivity index (χ0v) is 14.1. The molecular formula is C16H24ClN3O3. The number of amides is 2. The highest BCUT2D eigenvalue weighted by molar-refractivity contribution is 5.95. The fourth-order valence-corrected chi connectivity index (χ4v) is 2.79. The van der Waals surface area contributed by atoms with E-state index in [4.69, 9.17) is 10.5 Å². The molecule has 0 saturated carbocycles. The van der Waals surface area contributed by atoms with Gasteiger partial charge >= 0.3 is 0 Å². The largest absolute Gasteiger partial charge is 0.384 e. The van der Waals surface area contributed by atoms with Gasteiger partial charge in [0.1, 0.15) is 0 Å². The average Bonchev–Trinajstić information content (AvgIpc) is 2.50. The number of primary amides is 1. The zero-order chi connectivity index (χ0) is 16.0. The van der Waals surface area contributed by atoms with Crippen LogP contribution in [0.15, 0.2) is 24.3 Å². The molecule has 1 heterocycles. The molecule has 1 aromatic rings. The molecule has 0 spiro atoms. The number of hydrogen-bond acceptors (Lipinski definition) is 4. The molecule has 7 heteroatoms. The molecule has 1 aliphatic heterocycles. The van der Waals surface area contributed by atoms with E-state index in [2.05, 4.69) is 10.6 Å². The maximum Gasteiger partial charge on any atom is 0.233 e. The number of piperidine rings is 1. The number of anilines is 1. The van der Waals surface area contributed by atoms with Gasteiger partial charge in [-0.05, 0) is 43.6 Å². The van der Waals surface area contributed by atoms with E-state index in [1.807, 2.05) is 0 Å². The van der Waals surface area contributed by atoms with Crippen LogP contribution in [0.25, 0.3) is 0 Å². The van der Waals surface area contributed by atoms with Gasteiger partial charge in [0.25, 0.3) is 0 Å². The number of halogens is 1. The lowest BCUT2D eigenvalue weighted by atomic mass is 9.78. The highest BCUT2D eigenvalue weighted by atomic mass is 35.5. The van der Waals surface area contributed by atoms with Gasteiger partial charge in [0.15, 0.2) is 0 Å². The third-order valence-corrected chi connectivity index (χ3v) is 4.05. The summed E-state index contributed by atoms with van der Waals surface area (Å²) in [5.74, 6) is -0.385. The molecule has 0 aliphatic carbocycles. The quantitative estimate of drug-likeness (QED) is 0.722. The van der Waals surface area contributed by atoms with Gasteiger partial charge in [0.2, 0.25) is 11.8 Å². The minimum atomic E-state index is -0.480. The fraction of sp³-hybridized carbons (Fsp3) is 0.500. The third-order valence-electron chi connectivity index (χ3n) is 4.05. The smallest absolute Gasteiger partial charge is 0.233 e. The summed E-state index contributed by atoms with van der Waals surface area (Å²) >= 11 is 0. The Morgan fingerprint density at radius 2 is 1.87 bits per heavy atom. The number of hydrogen-bond donors (Lipinski definition) is 3. The van der Waals surface area contributed by atoms with Crippen LogP contribution >= 0.6 is 12.4 Å². The first kappa shape index (κ1) is 19.4. The fourth-order valence-electron chi connectivity index (χ4n) is 2.79. The van der Waals surface area contributed by atoms with Gasteiger partial charge in [-0.3, -0.25) is 9.59 Å². The second kappa shape index (κ2) is 8.86. The molecule has 6 nitrogen and oxygen atoms in total. The number of nitrogens with two attached hydrogens (primary N) is 1. The van der Waals surface area contributed by atoms with Crippen LogP contribution in [-0.4, -0.2) is 38.6 Å². The molecule has 128 valence electrons. The van der Waals surface area contributed by atoms with Gasteiger partial charge in [-0.25, -0.2) is 0 Å². The number of nitrogens with one attached hydrogen (secondary N) is 2. The predicted molar refractivity (Wildman–Crippen MR) is 91.6 cm³/mol.